The molecule has 0 unspecified atom stereocenters. The minimum Gasteiger partial charge on any atom is -0.369 e. The highest BCUT2D eigenvalue weighted by atomic mass is 16.1. The van der Waals surface area contributed by atoms with Crippen LogP contribution in [0.4, 0.5) is 0 Å². The van der Waals surface area contributed by atoms with E-state index in [1.165, 1.54) is 38.5 Å². The average molecular weight is 212 g/mol. The quantitative estimate of drug-likeness (QED) is 0.698. The van der Waals surface area contributed by atoms with E-state index in [2.05, 4.69) is 5.32 Å². The summed E-state index contributed by atoms with van der Waals surface area (Å²) in [6, 6.07) is 0.589. The summed E-state index contributed by atoms with van der Waals surface area (Å²) >= 11 is 0. The van der Waals surface area contributed by atoms with Crippen molar-refractivity contribution in [3.8, 4) is 0 Å². The average Bonchev–Trinajstić information content (AvgIpc) is 2.42. The molecule has 3 N–H and O–H groups in total. The van der Waals surface area contributed by atoms with Crippen LogP contribution in [-0.2, 0) is 4.79 Å². The van der Waals surface area contributed by atoms with Gasteiger partial charge in [-0.05, 0) is 26.7 Å². The van der Waals surface area contributed by atoms with Crippen molar-refractivity contribution in [1.29, 1.82) is 0 Å². The van der Waals surface area contributed by atoms with Crippen LogP contribution in [0.15, 0.2) is 0 Å². The van der Waals surface area contributed by atoms with Crippen molar-refractivity contribution >= 4 is 5.91 Å². The maximum Gasteiger partial charge on any atom is 0.224 e. The van der Waals surface area contributed by atoms with Gasteiger partial charge in [0, 0.05) is 12.6 Å². The lowest BCUT2D eigenvalue weighted by Gasteiger charge is -2.25. The third kappa shape index (κ3) is 4.20. The van der Waals surface area contributed by atoms with E-state index in [9.17, 15) is 4.79 Å². The van der Waals surface area contributed by atoms with Crippen molar-refractivity contribution in [2.75, 3.05) is 6.54 Å². The number of hydrogen-bond acceptors (Lipinski definition) is 2. The molecule has 1 saturated carbocycles. The molecule has 0 bridgehead atoms. The van der Waals surface area contributed by atoms with Gasteiger partial charge in [0.05, 0.1) is 5.41 Å². The van der Waals surface area contributed by atoms with Crippen LogP contribution in [0.2, 0.25) is 0 Å². The van der Waals surface area contributed by atoms with Crippen LogP contribution in [-0.4, -0.2) is 18.5 Å². The zero-order valence-corrected chi connectivity index (χ0v) is 10.0. The van der Waals surface area contributed by atoms with Crippen LogP contribution in [0.5, 0.6) is 0 Å². The number of rotatable bonds is 4. The fourth-order valence-corrected chi connectivity index (χ4v) is 1.97. The number of nitrogens with two attached hydrogens (primary N) is 1. The molecule has 1 rings (SSSR count). The highest BCUT2D eigenvalue weighted by Gasteiger charge is 2.25. The Kier molecular flexibility index (Phi) is 4.58. The Bertz CT molecular complexity index is 206. The van der Waals surface area contributed by atoms with Gasteiger partial charge in [-0.3, -0.25) is 4.79 Å². The maximum absolute atomic E-state index is 11.1. The molecule has 1 amide bonds. The first-order chi connectivity index (χ1) is 7.02. The summed E-state index contributed by atoms with van der Waals surface area (Å²) in [5, 5.41) is 3.48. The van der Waals surface area contributed by atoms with Gasteiger partial charge in [-0.25, -0.2) is 0 Å². The minimum absolute atomic E-state index is 0.219. The Morgan fingerprint density at radius 1 is 1.27 bits per heavy atom. The first kappa shape index (κ1) is 12.5. The molecule has 0 aromatic rings. The van der Waals surface area contributed by atoms with Gasteiger partial charge in [0.2, 0.25) is 5.91 Å². The largest absolute Gasteiger partial charge is 0.369 e. The van der Waals surface area contributed by atoms with E-state index in [1.54, 1.807) is 0 Å². The molecule has 0 radical (unpaired) electrons. The van der Waals surface area contributed by atoms with Crippen molar-refractivity contribution in [1.82, 2.24) is 5.32 Å². The Balaban J connectivity index is 2.31. The Morgan fingerprint density at radius 3 is 2.27 bits per heavy atom. The van der Waals surface area contributed by atoms with E-state index in [1.807, 2.05) is 13.8 Å². The lowest BCUT2D eigenvalue weighted by Crippen LogP contribution is -2.43. The van der Waals surface area contributed by atoms with E-state index in [-0.39, 0.29) is 5.91 Å². The maximum atomic E-state index is 11.1. The molecule has 0 saturated heterocycles. The molecule has 3 heteroatoms. The first-order valence-corrected chi connectivity index (χ1v) is 6.06. The van der Waals surface area contributed by atoms with Crippen LogP contribution in [0.1, 0.15) is 52.4 Å². The van der Waals surface area contributed by atoms with Crippen LogP contribution in [0, 0.1) is 5.41 Å². The van der Waals surface area contributed by atoms with E-state index in [0.717, 1.165) is 0 Å². The topological polar surface area (TPSA) is 55.1 Å². The summed E-state index contributed by atoms with van der Waals surface area (Å²) in [5.74, 6) is -0.219. The summed E-state index contributed by atoms with van der Waals surface area (Å²) in [7, 11) is 0. The summed E-state index contributed by atoms with van der Waals surface area (Å²) < 4.78 is 0. The molecule has 1 fully saturated rings. The van der Waals surface area contributed by atoms with Gasteiger partial charge < -0.3 is 11.1 Å². The minimum atomic E-state index is -0.424. The van der Waals surface area contributed by atoms with E-state index >= 15 is 0 Å². The molecular weight excluding hydrogens is 188 g/mol. The smallest absolute Gasteiger partial charge is 0.224 e. The van der Waals surface area contributed by atoms with Gasteiger partial charge in [0.1, 0.15) is 0 Å². The predicted molar refractivity (Wildman–Crippen MR) is 62.5 cm³/mol. The number of primary amides is 1. The molecule has 0 atom stereocenters. The zero-order valence-electron chi connectivity index (χ0n) is 10.0. The lowest BCUT2D eigenvalue weighted by molar-refractivity contribution is -0.125. The second-order valence-corrected chi connectivity index (χ2v) is 5.32. The van der Waals surface area contributed by atoms with Crippen molar-refractivity contribution < 1.29 is 4.79 Å². The molecular formula is C12H24N2O. The van der Waals surface area contributed by atoms with Gasteiger partial charge in [-0.15, -0.1) is 0 Å². The molecule has 1 aliphatic rings. The number of nitrogens with one attached hydrogen (secondary N) is 1. The third-order valence-corrected chi connectivity index (χ3v) is 3.35. The highest BCUT2D eigenvalue weighted by Crippen LogP contribution is 2.19. The Morgan fingerprint density at radius 2 is 1.80 bits per heavy atom. The van der Waals surface area contributed by atoms with Crippen LogP contribution >= 0.6 is 0 Å². The Labute approximate surface area is 92.8 Å². The van der Waals surface area contributed by atoms with Crippen LogP contribution in [0.25, 0.3) is 0 Å². The standard InChI is InChI=1S/C12H24N2O/c1-12(2,11(13)15)9-14-10-7-5-3-4-6-8-10/h10,14H,3-9H2,1-2H3,(H2,13,15). The van der Waals surface area contributed by atoms with Crippen molar-refractivity contribution in [3.05, 3.63) is 0 Å². The highest BCUT2D eigenvalue weighted by molar-refractivity contribution is 5.80. The molecule has 15 heavy (non-hydrogen) atoms. The third-order valence-electron chi connectivity index (χ3n) is 3.35. The predicted octanol–water partition coefficient (Wildman–Crippen LogP) is 1.81. The molecule has 0 aliphatic heterocycles. The first-order valence-electron chi connectivity index (χ1n) is 6.06. The van der Waals surface area contributed by atoms with Gasteiger partial charge in [0.15, 0.2) is 0 Å². The summed E-state index contributed by atoms with van der Waals surface area (Å²) in [4.78, 5) is 11.1. The number of carbonyl (C=O) groups is 1. The normalized spacial score (nSPS) is 19.9. The summed E-state index contributed by atoms with van der Waals surface area (Å²) in [6.07, 6.45) is 7.84. The molecule has 0 spiro atoms. The fraction of sp³-hybridized carbons (Fsp3) is 0.917. The van der Waals surface area contributed by atoms with Gasteiger partial charge >= 0.3 is 0 Å². The second-order valence-electron chi connectivity index (χ2n) is 5.32. The molecule has 0 heterocycles. The fourth-order valence-electron chi connectivity index (χ4n) is 1.97. The molecule has 0 aromatic carbocycles. The monoisotopic (exact) mass is 212 g/mol. The van der Waals surface area contributed by atoms with Gasteiger partial charge in [0.25, 0.3) is 0 Å². The Hall–Kier alpha value is -0.570. The van der Waals surface area contributed by atoms with E-state index in [0.29, 0.717) is 12.6 Å². The van der Waals surface area contributed by atoms with E-state index in [4.69, 9.17) is 5.73 Å². The number of carbonyl (C=O) groups excluding carboxylic acids is 1. The molecule has 1 aliphatic carbocycles. The van der Waals surface area contributed by atoms with E-state index < -0.39 is 5.41 Å². The zero-order chi connectivity index (χ0) is 11.3. The molecule has 3 nitrogen and oxygen atoms in total. The van der Waals surface area contributed by atoms with Gasteiger partial charge in [-0.1, -0.05) is 25.7 Å². The van der Waals surface area contributed by atoms with Crippen molar-refractivity contribution in [3.63, 3.8) is 0 Å². The van der Waals surface area contributed by atoms with Crippen LogP contribution < -0.4 is 11.1 Å². The SMILES string of the molecule is CC(C)(CNC1CCCCCC1)C(N)=O. The number of hydrogen-bond donors (Lipinski definition) is 2. The number of amides is 1. The lowest BCUT2D eigenvalue weighted by atomic mass is 9.92. The molecule has 0 aromatic heterocycles. The van der Waals surface area contributed by atoms with Crippen molar-refractivity contribution in [2.45, 2.75) is 58.4 Å². The van der Waals surface area contributed by atoms with Crippen molar-refractivity contribution in [2.24, 2.45) is 11.1 Å². The second kappa shape index (κ2) is 5.50. The summed E-state index contributed by atoms with van der Waals surface area (Å²) in [6.45, 7) is 4.51. The summed E-state index contributed by atoms with van der Waals surface area (Å²) in [5.41, 5.74) is 4.91. The van der Waals surface area contributed by atoms with Crippen LogP contribution in [0.3, 0.4) is 0 Å². The molecule has 88 valence electrons. The van der Waals surface area contributed by atoms with Gasteiger partial charge in [-0.2, -0.15) is 0 Å².